The molecule has 1 N–H and O–H groups in total. The molecule has 1 saturated heterocycles. The Hall–Kier alpha value is -2.34. The summed E-state index contributed by atoms with van der Waals surface area (Å²) in [7, 11) is 0. The summed E-state index contributed by atoms with van der Waals surface area (Å²) in [5, 5.41) is 3.54. The lowest BCUT2D eigenvalue weighted by Crippen LogP contribution is -2.50. The molecule has 2 aromatic rings. The molecular weight excluding hydrogens is 314 g/mol. The third kappa shape index (κ3) is 3.90. The summed E-state index contributed by atoms with van der Waals surface area (Å²) in [5.74, 6) is 0.912. The van der Waals surface area contributed by atoms with Gasteiger partial charge in [-0.15, -0.1) is 0 Å². The molecule has 1 aliphatic heterocycles. The number of hydrogen-bond donors (Lipinski definition) is 1. The zero-order valence-electron chi connectivity index (χ0n) is 12.9. The number of halogens is 1. The lowest BCUT2D eigenvalue weighted by Gasteiger charge is -2.35. The Balaban J connectivity index is 1.56. The first-order valence-corrected chi connectivity index (χ1v) is 7.85. The zero-order valence-corrected chi connectivity index (χ0v) is 13.6. The van der Waals surface area contributed by atoms with Crippen molar-refractivity contribution in [3.63, 3.8) is 0 Å². The summed E-state index contributed by atoms with van der Waals surface area (Å²) in [4.78, 5) is 24.7. The molecule has 0 saturated carbocycles. The molecule has 1 aromatic heterocycles. The van der Waals surface area contributed by atoms with Crippen molar-refractivity contribution in [1.82, 2.24) is 14.9 Å². The van der Waals surface area contributed by atoms with Crippen LogP contribution in [0.4, 0.5) is 16.3 Å². The van der Waals surface area contributed by atoms with Crippen LogP contribution in [0.2, 0.25) is 5.02 Å². The first-order valence-electron chi connectivity index (χ1n) is 7.47. The number of nitrogens with one attached hydrogen (secondary N) is 1. The van der Waals surface area contributed by atoms with Gasteiger partial charge in [-0.3, -0.25) is 0 Å². The molecule has 1 fully saturated rings. The fourth-order valence-corrected chi connectivity index (χ4v) is 2.61. The van der Waals surface area contributed by atoms with E-state index < -0.39 is 0 Å². The van der Waals surface area contributed by atoms with E-state index in [4.69, 9.17) is 11.6 Å². The first kappa shape index (κ1) is 15.6. The Bertz CT molecular complexity index is 683. The second-order valence-corrected chi connectivity index (χ2v) is 5.87. The third-order valence-electron chi connectivity index (χ3n) is 3.78. The van der Waals surface area contributed by atoms with Gasteiger partial charge in [-0.05, 0) is 31.2 Å². The highest BCUT2D eigenvalue weighted by atomic mass is 35.5. The molecule has 3 rings (SSSR count). The van der Waals surface area contributed by atoms with Crippen molar-refractivity contribution in [2.24, 2.45) is 0 Å². The van der Waals surface area contributed by atoms with Crippen LogP contribution < -0.4 is 10.2 Å². The lowest BCUT2D eigenvalue weighted by atomic mass is 10.3. The van der Waals surface area contributed by atoms with Gasteiger partial charge in [0.1, 0.15) is 12.1 Å². The van der Waals surface area contributed by atoms with Gasteiger partial charge in [-0.2, -0.15) is 0 Å². The predicted molar refractivity (Wildman–Crippen MR) is 91.0 cm³/mol. The lowest BCUT2D eigenvalue weighted by molar-refractivity contribution is 0.208. The fraction of sp³-hybridized carbons (Fsp3) is 0.312. The molecule has 6 nitrogen and oxygen atoms in total. The molecule has 0 bridgehead atoms. The average molecular weight is 332 g/mol. The van der Waals surface area contributed by atoms with Crippen molar-refractivity contribution >= 4 is 29.1 Å². The van der Waals surface area contributed by atoms with Crippen LogP contribution in [0.3, 0.4) is 0 Å². The fourth-order valence-electron chi connectivity index (χ4n) is 2.49. The van der Waals surface area contributed by atoms with Crippen molar-refractivity contribution in [1.29, 1.82) is 0 Å². The van der Waals surface area contributed by atoms with Crippen LogP contribution in [0, 0.1) is 6.92 Å². The van der Waals surface area contributed by atoms with Gasteiger partial charge in [-0.1, -0.05) is 11.6 Å². The molecular formula is C16H18ClN5O. The van der Waals surface area contributed by atoms with Crippen LogP contribution >= 0.6 is 11.6 Å². The number of piperazine rings is 1. The highest BCUT2D eigenvalue weighted by Gasteiger charge is 2.22. The molecule has 7 heteroatoms. The number of hydrogen-bond acceptors (Lipinski definition) is 4. The van der Waals surface area contributed by atoms with E-state index in [1.54, 1.807) is 35.5 Å². The molecule has 120 valence electrons. The second kappa shape index (κ2) is 6.83. The molecule has 2 amide bonds. The number of aromatic nitrogens is 2. The van der Waals surface area contributed by atoms with Gasteiger partial charge in [0.15, 0.2) is 0 Å². The van der Waals surface area contributed by atoms with Gasteiger partial charge in [0, 0.05) is 48.6 Å². The summed E-state index contributed by atoms with van der Waals surface area (Å²) in [6.07, 6.45) is 1.57. The number of benzene rings is 1. The van der Waals surface area contributed by atoms with E-state index in [9.17, 15) is 4.79 Å². The highest BCUT2D eigenvalue weighted by Crippen LogP contribution is 2.16. The predicted octanol–water partition coefficient (Wildman–Crippen LogP) is 2.79. The van der Waals surface area contributed by atoms with E-state index in [0.717, 1.165) is 30.3 Å². The van der Waals surface area contributed by atoms with Crippen molar-refractivity contribution in [3.05, 3.63) is 47.4 Å². The SMILES string of the molecule is Cc1cc(N2CCN(C(=O)Nc3ccc(Cl)cc3)CC2)ncn1. The van der Waals surface area contributed by atoms with Crippen molar-refractivity contribution < 1.29 is 4.79 Å². The summed E-state index contributed by atoms with van der Waals surface area (Å²) in [6, 6.07) is 8.97. The minimum Gasteiger partial charge on any atom is -0.353 e. The van der Waals surface area contributed by atoms with Crippen LogP contribution in [0.5, 0.6) is 0 Å². The van der Waals surface area contributed by atoms with E-state index in [0.29, 0.717) is 18.1 Å². The summed E-state index contributed by atoms with van der Waals surface area (Å²) < 4.78 is 0. The largest absolute Gasteiger partial charge is 0.353 e. The number of amides is 2. The maximum absolute atomic E-state index is 12.3. The Labute approximate surface area is 140 Å². The highest BCUT2D eigenvalue weighted by molar-refractivity contribution is 6.30. The topological polar surface area (TPSA) is 61.4 Å². The van der Waals surface area contributed by atoms with Crippen molar-refractivity contribution in [2.75, 3.05) is 36.4 Å². The summed E-state index contributed by atoms with van der Waals surface area (Å²) >= 11 is 5.84. The van der Waals surface area contributed by atoms with Crippen molar-refractivity contribution in [2.45, 2.75) is 6.92 Å². The van der Waals surface area contributed by atoms with Crippen LogP contribution in [-0.2, 0) is 0 Å². The number of rotatable bonds is 2. The average Bonchev–Trinajstić information content (AvgIpc) is 2.57. The summed E-state index contributed by atoms with van der Waals surface area (Å²) in [6.45, 7) is 4.76. The van der Waals surface area contributed by atoms with E-state index in [2.05, 4.69) is 20.2 Å². The molecule has 0 radical (unpaired) electrons. The number of carbonyl (C=O) groups is 1. The van der Waals surface area contributed by atoms with E-state index in [1.807, 2.05) is 13.0 Å². The molecule has 2 heterocycles. The van der Waals surface area contributed by atoms with Gasteiger partial charge < -0.3 is 15.1 Å². The molecule has 23 heavy (non-hydrogen) atoms. The molecule has 1 aliphatic rings. The normalized spacial score (nSPS) is 14.7. The minimum absolute atomic E-state index is 0.0918. The van der Waals surface area contributed by atoms with Gasteiger partial charge in [0.25, 0.3) is 0 Å². The molecule has 0 atom stereocenters. The maximum atomic E-state index is 12.3. The van der Waals surface area contributed by atoms with Gasteiger partial charge in [0.2, 0.25) is 0 Å². The van der Waals surface area contributed by atoms with Crippen LogP contribution in [-0.4, -0.2) is 47.1 Å². The molecule has 0 unspecified atom stereocenters. The Morgan fingerprint density at radius 3 is 2.48 bits per heavy atom. The van der Waals surface area contributed by atoms with Crippen LogP contribution in [0.1, 0.15) is 5.69 Å². The third-order valence-corrected chi connectivity index (χ3v) is 4.03. The molecule has 0 aliphatic carbocycles. The number of nitrogens with zero attached hydrogens (tertiary/aromatic N) is 4. The van der Waals surface area contributed by atoms with E-state index in [-0.39, 0.29) is 6.03 Å². The smallest absolute Gasteiger partial charge is 0.321 e. The number of aryl methyl sites for hydroxylation is 1. The first-order chi connectivity index (χ1) is 11.1. The Kier molecular flexibility index (Phi) is 4.62. The number of urea groups is 1. The number of anilines is 2. The monoisotopic (exact) mass is 331 g/mol. The van der Waals surface area contributed by atoms with Gasteiger partial charge in [-0.25, -0.2) is 14.8 Å². The van der Waals surface area contributed by atoms with Gasteiger partial charge >= 0.3 is 6.03 Å². The Morgan fingerprint density at radius 2 is 1.83 bits per heavy atom. The van der Waals surface area contributed by atoms with Crippen LogP contribution in [0.25, 0.3) is 0 Å². The van der Waals surface area contributed by atoms with E-state index in [1.165, 1.54) is 0 Å². The number of carbonyl (C=O) groups excluding carboxylic acids is 1. The van der Waals surface area contributed by atoms with E-state index >= 15 is 0 Å². The molecule has 1 aromatic carbocycles. The summed E-state index contributed by atoms with van der Waals surface area (Å²) in [5.41, 5.74) is 1.69. The second-order valence-electron chi connectivity index (χ2n) is 5.43. The van der Waals surface area contributed by atoms with Crippen molar-refractivity contribution in [3.8, 4) is 0 Å². The van der Waals surface area contributed by atoms with Crippen LogP contribution in [0.15, 0.2) is 36.7 Å². The quantitative estimate of drug-likeness (QED) is 0.919. The maximum Gasteiger partial charge on any atom is 0.321 e. The minimum atomic E-state index is -0.0918. The van der Waals surface area contributed by atoms with Gasteiger partial charge in [0.05, 0.1) is 0 Å². The molecule has 0 spiro atoms. The Morgan fingerprint density at radius 1 is 1.13 bits per heavy atom. The zero-order chi connectivity index (χ0) is 16.2. The standard InChI is InChI=1S/C16H18ClN5O/c1-12-10-15(19-11-18-12)21-6-8-22(9-7-21)16(23)20-14-4-2-13(17)3-5-14/h2-5,10-11H,6-9H2,1H3,(H,20,23).